The zero-order chi connectivity index (χ0) is 14.3. The summed E-state index contributed by atoms with van der Waals surface area (Å²) in [5.41, 5.74) is 0.489. The standard InChI is InChI=1S/C14H16N2O4/c1-14(5-7-20-8-6-14)16-11-9(12(17)18)3-2-4-10(11)15-13(16)19/h2-4H,5-8H2,1H3,(H,15,19)(H,17,18). The Labute approximate surface area is 115 Å². The van der Waals surface area contributed by atoms with Crippen LogP contribution in [0.1, 0.15) is 30.1 Å². The zero-order valence-electron chi connectivity index (χ0n) is 11.2. The van der Waals surface area contributed by atoms with E-state index in [0.717, 1.165) is 0 Å². The number of nitrogens with one attached hydrogen (secondary N) is 1. The van der Waals surface area contributed by atoms with Crippen molar-refractivity contribution in [1.29, 1.82) is 0 Å². The summed E-state index contributed by atoms with van der Waals surface area (Å²) in [4.78, 5) is 26.4. The van der Waals surface area contributed by atoms with Gasteiger partial charge in [0.1, 0.15) is 0 Å². The van der Waals surface area contributed by atoms with Crippen molar-refractivity contribution in [2.45, 2.75) is 25.3 Å². The zero-order valence-corrected chi connectivity index (χ0v) is 11.2. The van der Waals surface area contributed by atoms with Gasteiger partial charge in [-0.05, 0) is 31.9 Å². The molecule has 0 saturated carbocycles. The van der Waals surface area contributed by atoms with Crippen LogP contribution in [0.2, 0.25) is 0 Å². The van der Waals surface area contributed by atoms with Gasteiger partial charge < -0.3 is 14.8 Å². The van der Waals surface area contributed by atoms with Gasteiger partial charge in [-0.2, -0.15) is 0 Å². The van der Waals surface area contributed by atoms with E-state index in [-0.39, 0.29) is 11.3 Å². The van der Waals surface area contributed by atoms with Crippen LogP contribution in [0, 0.1) is 0 Å². The normalized spacial score (nSPS) is 18.2. The Morgan fingerprint density at radius 2 is 2.10 bits per heavy atom. The van der Waals surface area contributed by atoms with Gasteiger partial charge in [0.05, 0.1) is 22.1 Å². The number of ether oxygens (including phenoxy) is 1. The molecule has 6 heteroatoms. The molecule has 1 saturated heterocycles. The van der Waals surface area contributed by atoms with E-state index in [1.165, 1.54) is 6.07 Å². The molecule has 1 aliphatic rings. The Bertz CT molecular complexity index is 722. The fraction of sp³-hybridized carbons (Fsp3) is 0.429. The first-order chi connectivity index (χ1) is 9.53. The van der Waals surface area contributed by atoms with Gasteiger partial charge in [-0.1, -0.05) is 6.07 Å². The Morgan fingerprint density at radius 1 is 1.40 bits per heavy atom. The number of H-pyrrole nitrogens is 1. The summed E-state index contributed by atoms with van der Waals surface area (Å²) in [5, 5.41) is 9.34. The highest BCUT2D eigenvalue weighted by Gasteiger charge is 2.33. The van der Waals surface area contributed by atoms with Crippen molar-refractivity contribution in [3.05, 3.63) is 34.2 Å². The average Bonchev–Trinajstić information content (AvgIpc) is 2.75. The summed E-state index contributed by atoms with van der Waals surface area (Å²) in [6.07, 6.45) is 1.38. The molecule has 0 radical (unpaired) electrons. The number of imidazole rings is 1. The molecule has 1 aromatic heterocycles. The molecule has 0 spiro atoms. The predicted octanol–water partition coefficient (Wildman–Crippen LogP) is 1.55. The van der Waals surface area contributed by atoms with Crippen molar-refractivity contribution in [3.8, 4) is 0 Å². The number of aromatic nitrogens is 2. The number of carboxylic acids is 1. The number of carboxylic acid groups (broad SMARTS) is 1. The monoisotopic (exact) mass is 276 g/mol. The number of nitrogens with zero attached hydrogens (tertiary/aromatic N) is 1. The molecular formula is C14H16N2O4. The lowest BCUT2D eigenvalue weighted by atomic mass is 9.91. The fourth-order valence-corrected chi connectivity index (χ4v) is 2.88. The molecule has 1 fully saturated rings. The van der Waals surface area contributed by atoms with E-state index in [1.54, 1.807) is 16.7 Å². The first kappa shape index (κ1) is 12.9. The third-order valence-electron chi connectivity index (χ3n) is 4.04. The van der Waals surface area contributed by atoms with E-state index in [0.29, 0.717) is 37.1 Å². The van der Waals surface area contributed by atoms with Crippen LogP contribution in [0.3, 0.4) is 0 Å². The lowest BCUT2D eigenvalue weighted by molar-refractivity contribution is 0.0298. The van der Waals surface area contributed by atoms with E-state index < -0.39 is 11.5 Å². The van der Waals surface area contributed by atoms with Crippen LogP contribution in [0.4, 0.5) is 0 Å². The molecule has 106 valence electrons. The predicted molar refractivity (Wildman–Crippen MR) is 73.2 cm³/mol. The van der Waals surface area contributed by atoms with Crippen LogP contribution in [0.5, 0.6) is 0 Å². The summed E-state index contributed by atoms with van der Waals surface area (Å²) in [7, 11) is 0. The van der Waals surface area contributed by atoms with Gasteiger partial charge >= 0.3 is 11.7 Å². The van der Waals surface area contributed by atoms with E-state index in [4.69, 9.17) is 4.74 Å². The molecular weight excluding hydrogens is 260 g/mol. The van der Waals surface area contributed by atoms with Gasteiger partial charge in [0.25, 0.3) is 0 Å². The van der Waals surface area contributed by atoms with Gasteiger partial charge in [0.2, 0.25) is 0 Å². The number of carbonyl (C=O) groups is 1. The van der Waals surface area contributed by atoms with E-state index >= 15 is 0 Å². The summed E-state index contributed by atoms with van der Waals surface area (Å²) in [5.74, 6) is -1.03. The summed E-state index contributed by atoms with van der Waals surface area (Å²) >= 11 is 0. The quantitative estimate of drug-likeness (QED) is 0.871. The Kier molecular flexibility index (Phi) is 2.90. The first-order valence-electron chi connectivity index (χ1n) is 6.58. The highest BCUT2D eigenvalue weighted by molar-refractivity contribution is 6.01. The summed E-state index contributed by atoms with van der Waals surface area (Å²) < 4.78 is 6.94. The fourth-order valence-electron chi connectivity index (χ4n) is 2.88. The van der Waals surface area contributed by atoms with Crippen molar-refractivity contribution < 1.29 is 14.6 Å². The molecule has 3 rings (SSSR count). The molecule has 0 bridgehead atoms. The molecule has 0 atom stereocenters. The molecule has 0 unspecified atom stereocenters. The van der Waals surface area contributed by atoms with Gasteiger partial charge in [-0.15, -0.1) is 0 Å². The maximum atomic E-state index is 12.3. The molecule has 1 aliphatic heterocycles. The summed E-state index contributed by atoms with van der Waals surface area (Å²) in [6, 6.07) is 4.89. The van der Waals surface area contributed by atoms with Crippen LogP contribution < -0.4 is 5.69 Å². The molecule has 1 aromatic carbocycles. The maximum absolute atomic E-state index is 12.3. The smallest absolute Gasteiger partial charge is 0.337 e. The van der Waals surface area contributed by atoms with E-state index in [1.807, 2.05) is 6.92 Å². The minimum absolute atomic E-state index is 0.147. The highest BCUT2D eigenvalue weighted by atomic mass is 16.5. The number of aromatic amines is 1. The number of hydrogen-bond acceptors (Lipinski definition) is 3. The maximum Gasteiger partial charge on any atom is 0.337 e. The second-order valence-corrected chi connectivity index (χ2v) is 5.38. The average molecular weight is 276 g/mol. The third-order valence-corrected chi connectivity index (χ3v) is 4.04. The lowest BCUT2D eigenvalue weighted by Gasteiger charge is -2.35. The van der Waals surface area contributed by atoms with Gasteiger partial charge in [0.15, 0.2) is 0 Å². The largest absolute Gasteiger partial charge is 0.478 e. The van der Waals surface area contributed by atoms with Crippen molar-refractivity contribution in [3.63, 3.8) is 0 Å². The molecule has 0 aliphatic carbocycles. The van der Waals surface area contributed by atoms with Crippen LogP contribution in [-0.4, -0.2) is 33.8 Å². The topological polar surface area (TPSA) is 84.3 Å². The van der Waals surface area contributed by atoms with Gasteiger partial charge in [-0.25, -0.2) is 9.59 Å². The second-order valence-electron chi connectivity index (χ2n) is 5.38. The molecule has 2 N–H and O–H groups in total. The number of aromatic carboxylic acids is 1. The molecule has 20 heavy (non-hydrogen) atoms. The number of fused-ring (bicyclic) bond motifs is 1. The van der Waals surface area contributed by atoms with E-state index in [9.17, 15) is 14.7 Å². The number of rotatable bonds is 2. The van der Waals surface area contributed by atoms with Crippen molar-refractivity contribution >= 4 is 17.0 Å². The minimum atomic E-state index is -1.03. The SMILES string of the molecule is CC1(n2c(=O)[nH]c3cccc(C(=O)O)c32)CCOCC1. The second kappa shape index (κ2) is 4.49. The Morgan fingerprint density at radius 3 is 2.75 bits per heavy atom. The lowest BCUT2D eigenvalue weighted by Crippen LogP contribution is -2.42. The van der Waals surface area contributed by atoms with Crippen molar-refractivity contribution in [1.82, 2.24) is 9.55 Å². The Balaban J connectivity index is 2.32. The Hall–Kier alpha value is -2.08. The first-order valence-corrected chi connectivity index (χ1v) is 6.58. The molecule has 2 aromatic rings. The number of hydrogen-bond donors (Lipinski definition) is 2. The van der Waals surface area contributed by atoms with E-state index in [2.05, 4.69) is 4.98 Å². The van der Waals surface area contributed by atoms with Crippen LogP contribution >= 0.6 is 0 Å². The third kappa shape index (κ3) is 1.84. The highest BCUT2D eigenvalue weighted by Crippen LogP contribution is 2.31. The van der Waals surface area contributed by atoms with Gasteiger partial charge in [-0.3, -0.25) is 4.57 Å². The van der Waals surface area contributed by atoms with Crippen molar-refractivity contribution in [2.24, 2.45) is 0 Å². The van der Waals surface area contributed by atoms with Crippen molar-refractivity contribution in [2.75, 3.05) is 13.2 Å². The summed E-state index contributed by atoms with van der Waals surface area (Å²) in [6.45, 7) is 3.12. The van der Waals surface area contributed by atoms with Crippen LogP contribution in [0.25, 0.3) is 11.0 Å². The minimum Gasteiger partial charge on any atom is -0.478 e. The molecule has 6 nitrogen and oxygen atoms in total. The molecule has 2 heterocycles. The van der Waals surface area contributed by atoms with Crippen LogP contribution in [-0.2, 0) is 10.3 Å². The number of para-hydroxylation sites is 1. The molecule has 0 amide bonds. The van der Waals surface area contributed by atoms with Gasteiger partial charge in [0, 0.05) is 13.2 Å². The van der Waals surface area contributed by atoms with Crippen LogP contribution in [0.15, 0.2) is 23.0 Å². The number of benzene rings is 1.